The first-order chi connectivity index (χ1) is 10.1. The van der Waals surface area contributed by atoms with Crippen molar-refractivity contribution >= 4 is 23.4 Å². The number of fused-ring (bicyclic) bond motifs is 1. The van der Waals surface area contributed by atoms with E-state index in [0.29, 0.717) is 17.9 Å². The van der Waals surface area contributed by atoms with E-state index in [1.165, 1.54) is 10.5 Å². The highest BCUT2D eigenvalue weighted by molar-refractivity contribution is 8.00. The van der Waals surface area contributed by atoms with Crippen LogP contribution in [0.25, 0.3) is 0 Å². The third-order valence-electron chi connectivity index (χ3n) is 3.54. The maximum atomic E-state index is 12.1. The Hall–Kier alpha value is -1.94. The summed E-state index contributed by atoms with van der Waals surface area (Å²) < 4.78 is 5.44. The van der Waals surface area contributed by atoms with Crippen molar-refractivity contribution in [2.24, 2.45) is 0 Å². The third-order valence-corrected chi connectivity index (χ3v) is 4.83. The average Bonchev–Trinajstić information content (AvgIpc) is 2.90. The molecular formula is C17H17NO2S. The number of ether oxygens (including phenoxy) is 1. The second kappa shape index (κ2) is 5.82. The van der Waals surface area contributed by atoms with Crippen LogP contribution in [0.15, 0.2) is 47.4 Å². The molecule has 1 atom stereocenters. The number of benzene rings is 2. The lowest BCUT2D eigenvalue weighted by atomic mass is 10.1. The molecule has 4 heteroatoms. The van der Waals surface area contributed by atoms with Gasteiger partial charge in [-0.25, -0.2) is 4.79 Å². The monoisotopic (exact) mass is 299 g/mol. The lowest BCUT2D eigenvalue weighted by Gasteiger charge is -2.11. The quantitative estimate of drug-likeness (QED) is 0.696. The van der Waals surface area contributed by atoms with Gasteiger partial charge in [0.2, 0.25) is 0 Å². The largest absolute Gasteiger partial charge is 0.461 e. The molecule has 0 spiro atoms. The van der Waals surface area contributed by atoms with Crippen LogP contribution in [0.5, 0.6) is 0 Å². The minimum Gasteiger partial charge on any atom is -0.461 e. The Bertz CT molecular complexity index is 659. The average molecular weight is 299 g/mol. The van der Waals surface area contributed by atoms with E-state index in [9.17, 15) is 4.79 Å². The van der Waals surface area contributed by atoms with Crippen molar-refractivity contribution in [3.05, 3.63) is 59.2 Å². The summed E-state index contributed by atoms with van der Waals surface area (Å²) in [5.41, 5.74) is 9.09. The highest BCUT2D eigenvalue weighted by Crippen LogP contribution is 2.36. The summed E-state index contributed by atoms with van der Waals surface area (Å²) in [6, 6.07) is 13.7. The zero-order valence-electron chi connectivity index (χ0n) is 11.8. The van der Waals surface area contributed by atoms with E-state index in [1.807, 2.05) is 25.1 Å². The maximum Gasteiger partial charge on any atom is 0.340 e. The number of carbonyl (C=O) groups is 1. The van der Waals surface area contributed by atoms with Crippen LogP contribution in [-0.2, 0) is 11.2 Å². The van der Waals surface area contributed by atoms with E-state index >= 15 is 0 Å². The smallest absolute Gasteiger partial charge is 0.340 e. The standard InChI is InChI=1S/C17H17NO2S/c1-11-6-7-15(18)14(8-11)17(19)20-10-13-9-12-4-2-3-5-16(12)21-13/h2-8,13H,9-10,18H2,1H3. The minimum atomic E-state index is -0.340. The molecule has 2 N–H and O–H groups in total. The Kier molecular flexibility index (Phi) is 3.88. The molecule has 0 amide bonds. The number of thioether (sulfide) groups is 1. The van der Waals surface area contributed by atoms with Gasteiger partial charge in [0.15, 0.2) is 0 Å². The van der Waals surface area contributed by atoms with Gasteiger partial charge in [0.05, 0.1) is 5.56 Å². The van der Waals surface area contributed by atoms with Gasteiger partial charge in [-0.3, -0.25) is 0 Å². The Balaban J connectivity index is 1.61. The molecule has 1 aliphatic heterocycles. The predicted molar refractivity (Wildman–Crippen MR) is 85.7 cm³/mol. The topological polar surface area (TPSA) is 52.3 Å². The van der Waals surface area contributed by atoms with Gasteiger partial charge in [-0.15, -0.1) is 11.8 Å². The zero-order chi connectivity index (χ0) is 14.8. The number of anilines is 1. The van der Waals surface area contributed by atoms with E-state index < -0.39 is 0 Å². The number of nitrogens with two attached hydrogens (primary N) is 1. The molecule has 21 heavy (non-hydrogen) atoms. The predicted octanol–water partition coefficient (Wildman–Crippen LogP) is 3.45. The molecule has 1 aliphatic rings. The van der Waals surface area contributed by atoms with Gasteiger partial charge in [-0.05, 0) is 37.1 Å². The minimum absolute atomic E-state index is 0.289. The van der Waals surface area contributed by atoms with Gasteiger partial charge >= 0.3 is 5.97 Å². The molecule has 0 fully saturated rings. The lowest BCUT2D eigenvalue weighted by molar-refractivity contribution is 0.0508. The number of nitrogen functional groups attached to an aromatic ring is 1. The van der Waals surface area contributed by atoms with E-state index in [-0.39, 0.29) is 11.2 Å². The molecule has 0 aromatic heterocycles. The Morgan fingerprint density at radius 1 is 1.33 bits per heavy atom. The fraction of sp³-hybridized carbons (Fsp3) is 0.235. The van der Waals surface area contributed by atoms with Gasteiger partial charge in [-0.1, -0.05) is 29.8 Å². The summed E-state index contributed by atoms with van der Waals surface area (Å²) in [6.45, 7) is 2.34. The van der Waals surface area contributed by atoms with E-state index in [4.69, 9.17) is 10.5 Å². The molecule has 3 rings (SSSR count). The summed E-state index contributed by atoms with van der Waals surface area (Å²) in [7, 11) is 0. The number of rotatable bonds is 3. The highest BCUT2D eigenvalue weighted by atomic mass is 32.2. The fourth-order valence-electron chi connectivity index (χ4n) is 2.44. The number of carbonyl (C=O) groups excluding carboxylic acids is 1. The van der Waals surface area contributed by atoms with Crippen LogP contribution in [0.1, 0.15) is 21.5 Å². The number of aryl methyl sites for hydroxylation is 1. The number of hydrogen-bond donors (Lipinski definition) is 1. The van der Waals surface area contributed by atoms with Gasteiger partial charge in [0.25, 0.3) is 0 Å². The van der Waals surface area contributed by atoms with Crippen LogP contribution >= 0.6 is 11.8 Å². The van der Waals surface area contributed by atoms with Crippen LogP contribution in [-0.4, -0.2) is 17.8 Å². The fourth-order valence-corrected chi connectivity index (χ4v) is 3.66. The van der Waals surface area contributed by atoms with Crippen LogP contribution in [0.2, 0.25) is 0 Å². The van der Waals surface area contributed by atoms with Crippen molar-refractivity contribution < 1.29 is 9.53 Å². The van der Waals surface area contributed by atoms with Crippen molar-refractivity contribution in [3.63, 3.8) is 0 Å². The van der Waals surface area contributed by atoms with Gasteiger partial charge in [-0.2, -0.15) is 0 Å². The van der Waals surface area contributed by atoms with Gasteiger partial charge in [0.1, 0.15) is 6.61 Å². The molecule has 0 saturated heterocycles. The second-order valence-electron chi connectivity index (χ2n) is 5.24. The highest BCUT2D eigenvalue weighted by Gasteiger charge is 2.23. The summed E-state index contributed by atoms with van der Waals surface area (Å²) in [5.74, 6) is -0.340. The van der Waals surface area contributed by atoms with Crippen LogP contribution < -0.4 is 5.73 Å². The first kappa shape index (κ1) is 14.0. The molecule has 0 radical (unpaired) electrons. The van der Waals surface area contributed by atoms with E-state index in [0.717, 1.165) is 12.0 Å². The van der Waals surface area contributed by atoms with Crippen molar-refractivity contribution in [2.45, 2.75) is 23.5 Å². The zero-order valence-corrected chi connectivity index (χ0v) is 12.7. The summed E-state index contributed by atoms with van der Waals surface area (Å²) in [6.07, 6.45) is 0.942. The van der Waals surface area contributed by atoms with E-state index in [1.54, 1.807) is 23.9 Å². The van der Waals surface area contributed by atoms with Crippen molar-refractivity contribution in [3.8, 4) is 0 Å². The van der Waals surface area contributed by atoms with Gasteiger partial charge < -0.3 is 10.5 Å². The SMILES string of the molecule is Cc1ccc(N)c(C(=O)OCC2Cc3ccccc3S2)c1. The van der Waals surface area contributed by atoms with E-state index in [2.05, 4.69) is 12.1 Å². The molecule has 1 heterocycles. The van der Waals surface area contributed by atoms with Crippen LogP contribution in [0, 0.1) is 6.92 Å². The maximum absolute atomic E-state index is 12.1. The molecule has 0 aliphatic carbocycles. The van der Waals surface area contributed by atoms with Crippen molar-refractivity contribution in [1.29, 1.82) is 0 Å². The van der Waals surface area contributed by atoms with Crippen molar-refractivity contribution in [1.82, 2.24) is 0 Å². The molecule has 2 aromatic carbocycles. The molecule has 108 valence electrons. The third kappa shape index (κ3) is 3.05. The first-order valence-corrected chi connectivity index (χ1v) is 7.79. The second-order valence-corrected chi connectivity index (χ2v) is 6.58. The number of esters is 1. The van der Waals surface area contributed by atoms with Crippen LogP contribution in [0.3, 0.4) is 0 Å². The summed E-state index contributed by atoms with van der Waals surface area (Å²) in [5, 5.41) is 0.289. The lowest BCUT2D eigenvalue weighted by Crippen LogP contribution is -2.16. The van der Waals surface area contributed by atoms with Crippen LogP contribution in [0.4, 0.5) is 5.69 Å². The number of hydrogen-bond acceptors (Lipinski definition) is 4. The normalized spacial score (nSPS) is 16.5. The van der Waals surface area contributed by atoms with Gasteiger partial charge in [0, 0.05) is 15.8 Å². The Morgan fingerprint density at radius 3 is 2.95 bits per heavy atom. The Labute approximate surface area is 128 Å². The summed E-state index contributed by atoms with van der Waals surface area (Å²) in [4.78, 5) is 13.4. The first-order valence-electron chi connectivity index (χ1n) is 6.91. The molecular weight excluding hydrogens is 282 g/mol. The molecule has 2 aromatic rings. The Morgan fingerprint density at radius 2 is 2.14 bits per heavy atom. The van der Waals surface area contributed by atoms with Crippen molar-refractivity contribution in [2.75, 3.05) is 12.3 Å². The molecule has 0 bridgehead atoms. The molecule has 0 saturated carbocycles. The molecule has 3 nitrogen and oxygen atoms in total. The molecule has 1 unspecified atom stereocenters. The summed E-state index contributed by atoms with van der Waals surface area (Å²) >= 11 is 1.77.